The monoisotopic (exact) mass is 222 g/mol. The van der Waals surface area contributed by atoms with Crippen LogP contribution >= 0.6 is 0 Å². The second-order valence-electron chi connectivity index (χ2n) is 3.33. The average Bonchev–Trinajstić information content (AvgIpc) is 2.25. The van der Waals surface area contributed by atoms with E-state index in [1.807, 2.05) is 0 Å². The normalized spacial score (nSPS) is 10.8. The fraction of sp³-hybridized carbons (Fsp3) is 0.200. The molecule has 0 amide bonds. The molecule has 1 aromatic carbocycles. The Labute approximate surface area is 89.4 Å². The molecule has 0 radical (unpaired) electrons. The largest absolute Gasteiger partial charge is 0.326 e. The highest BCUT2D eigenvalue weighted by molar-refractivity contribution is 5.80. The van der Waals surface area contributed by atoms with Gasteiger partial charge in [-0.25, -0.2) is 9.68 Å². The smallest absolute Gasteiger partial charge is 0.307 e. The van der Waals surface area contributed by atoms with Crippen LogP contribution in [0, 0.1) is 0 Å². The molecule has 0 aliphatic carbocycles. The topological polar surface area (TPSA) is 95.2 Å². The van der Waals surface area contributed by atoms with E-state index in [4.69, 9.17) is 5.26 Å². The number of hydrogen-bond donors (Lipinski definition) is 3. The number of hydrogen-bond acceptors (Lipinski definition) is 4. The summed E-state index contributed by atoms with van der Waals surface area (Å²) in [5, 5.41) is 8.69. The molecule has 0 aliphatic rings. The van der Waals surface area contributed by atoms with E-state index in [1.54, 1.807) is 18.2 Å². The van der Waals surface area contributed by atoms with Gasteiger partial charge in [0.05, 0.1) is 17.5 Å². The van der Waals surface area contributed by atoms with Crippen molar-refractivity contribution < 1.29 is 10.1 Å². The summed E-state index contributed by atoms with van der Waals surface area (Å²) >= 11 is 0. The minimum atomic E-state index is -0.534. The summed E-state index contributed by atoms with van der Waals surface area (Å²) < 4.78 is 0. The zero-order valence-corrected chi connectivity index (χ0v) is 8.32. The van der Waals surface area contributed by atoms with Crippen LogP contribution in [-0.2, 0) is 11.3 Å². The Hall–Kier alpha value is -1.92. The number of nitrogens with one attached hydrogen (secondary N) is 2. The fourth-order valence-corrected chi connectivity index (χ4v) is 1.66. The summed E-state index contributed by atoms with van der Waals surface area (Å²) in [7, 11) is 0. The summed E-state index contributed by atoms with van der Waals surface area (Å²) in [5.41, 5.74) is 0.216. The van der Waals surface area contributed by atoms with E-state index in [0.29, 0.717) is 22.9 Å². The molecule has 0 fully saturated rings. The van der Waals surface area contributed by atoms with Gasteiger partial charge in [0.1, 0.15) is 0 Å². The van der Waals surface area contributed by atoms with Crippen molar-refractivity contribution in [2.75, 3.05) is 6.61 Å². The van der Waals surface area contributed by atoms with Crippen molar-refractivity contribution in [2.45, 2.75) is 6.42 Å². The molecule has 2 aromatic rings. The summed E-state index contributed by atoms with van der Waals surface area (Å²) in [6, 6.07) is 5.12. The van der Waals surface area contributed by atoms with Gasteiger partial charge < -0.3 is 4.98 Å². The number of aromatic nitrogens is 2. The molecule has 0 unspecified atom stereocenters. The molecule has 0 bridgehead atoms. The molecule has 0 spiro atoms. The lowest BCUT2D eigenvalue weighted by Gasteiger charge is -2.03. The van der Waals surface area contributed by atoms with Crippen molar-refractivity contribution in [2.24, 2.45) is 0 Å². The van der Waals surface area contributed by atoms with Crippen LogP contribution in [0.15, 0.2) is 27.8 Å². The number of fused-ring (bicyclic) bond motifs is 1. The van der Waals surface area contributed by atoms with Crippen molar-refractivity contribution in [3.63, 3.8) is 0 Å². The van der Waals surface area contributed by atoms with Crippen LogP contribution in [0.1, 0.15) is 5.56 Å². The Morgan fingerprint density at radius 2 is 2.06 bits per heavy atom. The van der Waals surface area contributed by atoms with Crippen LogP contribution in [0.5, 0.6) is 0 Å². The number of H-pyrrole nitrogens is 2. The number of benzene rings is 1. The van der Waals surface area contributed by atoms with Crippen molar-refractivity contribution in [3.05, 3.63) is 44.6 Å². The van der Waals surface area contributed by atoms with Crippen LogP contribution in [0.4, 0.5) is 0 Å². The molecule has 6 heteroatoms. The number of aromatic amines is 2. The van der Waals surface area contributed by atoms with Crippen LogP contribution < -0.4 is 11.2 Å². The maximum atomic E-state index is 11.6. The first kappa shape index (κ1) is 10.6. The molecule has 6 nitrogen and oxygen atoms in total. The van der Waals surface area contributed by atoms with Gasteiger partial charge in [-0.15, -0.1) is 0 Å². The summed E-state index contributed by atoms with van der Waals surface area (Å²) in [6.07, 6.45) is 0.392. The highest BCUT2D eigenvalue weighted by atomic mass is 17.1. The highest BCUT2D eigenvalue weighted by Crippen LogP contribution is 2.11. The van der Waals surface area contributed by atoms with Crippen LogP contribution in [0.2, 0.25) is 0 Å². The van der Waals surface area contributed by atoms with Gasteiger partial charge in [-0.1, -0.05) is 12.1 Å². The predicted molar refractivity (Wildman–Crippen MR) is 57.5 cm³/mol. The van der Waals surface area contributed by atoms with Gasteiger partial charge >= 0.3 is 5.69 Å². The van der Waals surface area contributed by atoms with Crippen molar-refractivity contribution in [1.82, 2.24) is 9.97 Å². The van der Waals surface area contributed by atoms with Crippen LogP contribution in [0.25, 0.3) is 10.9 Å². The standard InChI is InChI=1S/C10H10N2O4/c13-9-8-6(4-5-16-15)2-1-3-7(8)11-10(14)12-9/h1-3,15H,4-5H2,(H2,11,12,13,14). The molecule has 3 N–H and O–H groups in total. The molecular weight excluding hydrogens is 212 g/mol. The van der Waals surface area contributed by atoms with E-state index in [9.17, 15) is 9.59 Å². The van der Waals surface area contributed by atoms with E-state index in [-0.39, 0.29) is 6.61 Å². The quantitative estimate of drug-likeness (QED) is 0.512. The third kappa shape index (κ3) is 1.88. The van der Waals surface area contributed by atoms with E-state index in [1.165, 1.54) is 0 Å². The molecule has 0 aliphatic heterocycles. The van der Waals surface area contributed by atoms with Gasteiger partial charge in [0.25, 0.3) is 5.56 Å². The van der Waals surface area contributed by atoms with E-state index < -0.39 is 11.2 Å². The molecule has 0 atom stereocenters. The first-order valence-corrected chi connectivity index (χ1v) is 4.73. The van der Waals surface area contributed by atoms with Crippen molar-refractivity contribution >= 4 is 10.9 Å². The minimum Gasteiger partial charge on any atom is -0.307 e. The molecule has 1 aromatic heterocycles. The zero-order valence-electron chi connectivity index (χ0n) is 8.32. The third-order valence-corrected chi connectivity index (χ3v) is 2.32. The molecule has 2 rings (SSSR count). The summed E-state index contributed by atoms with van der Waals surface area (Å²) in [6.45, 7) is 0.0949. The van der Waals surface area contributed by atoms with Crippen LogP contribution in [0.3, 0.4) is 0 Å². The molecule has 84 valence electrons. The van der Waals surface area contributed by atoms with Crippen molar-refractivity contribution in [1.29, 1.82) is 0 Å². The summed E-state index contributed by atoms with van der Waals surface area (Å²) in [5.74, 6) is 0. The first-order chi connectivity index (χ1) is 7.72. The molecule has 16 heavy (non-hydrogen) atoms. The Bertz CT molecular complexity index is 614. The van der Waals surface area contributed by atoms with Gasteiger partial charge in [0.15, 0.2) is 0 Å². The lowest BCUT2D eigenvalue weighted by atomic mass is 10.1. The third-order valence-electron chi connectivity index (χ3n) is 2.32. The maximum Gasteiger partial charge on any atom is 0.326 e. The second-order valence-corrected chi connectivity index (χ2v) is 3.33. The van der Waals surface area contributed by atoms with Crippen LogP contribution in [-0.4, -0.2) is 21.8 Å². The van der Waals surface area contributed by atoms with Gasteiger partial charge in [-0.05, 0) is 18.1 Å². The lowest BCUT2D eigenvalue weighted by Crippen LogP contribution is -2.22. The Morgan fingerprint density at radius 1 is 1.25 bits per heavy atom. The first-order valence-electron chi connectivity index (χ1n) is 4.73. The highest BCUT2D eigenvalue weighted by Gasteiger charge is 2.06. The molecule has 0 saturated heterocycles. The number of rotatable bonds is 3. The maximum absolute atomic E-state index is 11.6. The van der Waals surface area contributed by atoms with Crippen molar-refractivity contribution in [3.8, 4) is 0 Å². The fourth-order valence-electron chi connectivity index (χ4n) is 1.66. The van der Waals surface area contributed by atoms with Gasteiger partial charge in [-0.2, -0.15) is 0 Å². The SMILES string of the molecule is O=c1[nH]c(=O)c2c(CCOO)cccc2[nH]1. The van der Waals surface area contributed by atoms with Gasteiger partial charge in [-0.3, -0.25) is 15.0 Å². The predicted octanol–water partition coefficient (Wildman–Crippen LogP) is 0.248. The molecular formula is C10H10N2O4. The molecule has 0 saturated carbocycles. The second kappa shape index (κ2) is 4.30. The van der Waals surface area contributed by atoms with Gasteiger partial charge in [0.2, 0.25) is 0 Å². The van der Waals surface area contributed by atoms with E-state index in [0.717, 1.165) is 0 Å². The zero-order chi connectivity index (χ0) is 11.5. The Kier molecular flexibility index (Phi) is 2.84. The summed E-state index contributed by atoms with van der Waals surface area (Å²) in [4.78, 5) is 31.3. The van der Waals surface area contributed by atoms with Gasteiger partial charge in [0, 0.05) is 0 Å². The van der Waals surface area contributed by atoms with E-state index in [2.05, 4.69) is 14.9 Å². The lowest BCUT2D eigenvalue weighted by molar-refractivity contribution is -0.241. The minimum absolute atomic E-state index is 0.0949. The van der Waals surface area contributed by atoms with E-state index >= 15 is 0 Å². The average molecular weight is 222 g/mol. The molecule has 1 heterocycles. The Balaban J connectivity index is 2.67. The Morgan fingerprint density at radius 3 is 2.81 bits per heavy atom.